The number of hydrogen-bond donors (Lipinski definition) is 3. The highest BCUT2D eigenvalue weighted by atomic mass is 16.3. The largest absolute Gasteiger partial charge is 0.504 e. The topological polar surface area (TPSA) is 83.6 Å². The summed E-state index contributed by atoms with van der Waals surface area (Å²) in [5, 5.41) is 19.8. The molecule has 2 rings (SSSR count). The van der Waals surface area contributed by atoms with Crippen molar-refractivity contribution in [1.29, 1.82) is 0 Å². The Kier molecular flexibility index (Phi) is 5.55. The molecule has 0 spiro atoms. The fourth-order valence-electron chi connectivity index (χ4n) is 2.46. The van der Waals surface area contributed by atoms with Gasteiger partial charge in [-0.1, -0.05) is 36.8 Å². The summed E-state index contributed by atoms with van der Waals surface area (Å²) in [5.74, 6) is -0.544. The van der Waals surface area contributed by atoms with Gasteiger partial charge in [0.15, 0.2) is 17.3 Å². The zero-order valence-corrected chi connectivity index (χ0v) is 12.5. The molecule has 0 aliphatic heterocycles. The number of phenols is 2. The van der Waals surface area contributed by atoms with Crippen LogP contribution in [0.3, 0.4) is 0 Å². The minimum absolute atomic E-state index is 0.148. The maximum Gasteiger partial charge on any atom is 0.193 e. The third-order valence-electron chi connectivity index (χ3n) is 3.67. The first-order valence-electron chi connectivity index (χ1n) is 7.48. The van der Waals surface area contributed by atoms with Crippen LogP contribution in [0.15, 0.2) is 42.5 Å². The highest BCUT2D eigenvalue weighted by Gasteiger charge is 2.18. The number of nitrogens with two attached hydrogens (primary N) is 1. The Morgan fingerprint density at radius 2 is 1.68 bits per heavy atom. The molecule has 22 heavy (non-hydrogen) atoms. The highest BCUT2D eigenvalue weighted by molar-refractivity contribution is 6.10. The minimum atomic E-state index is -0.200. The van der Waals surface area contributed by atoms with Crippen molar-refractivity contribution in [3.05, 3.63) is 59.2 Å². The lowest BCUT2D eigenvalue weighted by molar-refractivity contribution is 0.103. The molecule has 0 atom stereocenters. The van der Waals surface area contributed by atoms with Crippen LogP contribution in [0.25, 0.3) is 0 Å². The second-order valence-corrected chi connectivity index (χ2v) is 5.25. The lowest BCUT2D eigenvalue weighted by Crippen LogP contribution is -2.06. The maximum absolute atomic E-state index is 12.6. The van der Waals surface area contributed by atoms with Crippen molar-refractivity contribution in [3.63, 3.8) is 0 Å². The second-order valence-electron chi connectivity index (χ2n) is 5.25. The van der Waals surface area contributed by atoms with Crippen molar-refractivity contribution in [3.8, 4) is 11.5 Å². The normalized spacial score (nSPS) is 10.6. The predicted octanol–water partition coefficient (Wildman–Crippen LogP) is 3.00. The molecule has 0 saturated heterocycles. The molecule has 0 bridgehead atoms. The summed E-state index contributed by atoms with van der Waals surface area (Å²) in [6.45, 7) is 0.627. The Morgan fingerprint density at radius 3 is 2.36 bits per heavy atom. The smallest absolute Gasteiger partial charge is 0.193 e. The van der Waals surface area contributed by atoms with Crippen molar-refractivity contribution in [2.24, 2.45) is 5.73 Å². The molecule has 0 fully saturated rings. The van der Waals surface area contributed by atoms with E-state index in [4.69, 9.17) is 5.73 Å². The molecule has 116 valence electrons. The number of carbonyl (C=O) groups is 1. The third kappa shape index (κ3) is 3.65. The van der Waals surface area contributed by atoms with Gasteiger partial charge in [0, 0.05) is 16.7 Å². The molecule has 0 saturated carbocycles. The first-order chi connectivity index (χ1) is 10.6. The molecule has 0 heterocycles. The number of benzene rings is 2. The Balaban J connectivity index is 2.30. The molecule has 4 nitrogen and oxygen atoms in total. The van der Waals surface area contributed by atoms with Gasteiger partial charge in [0.05, 0.1) is 0 Å². The van der Waals surface area contributed by atoms with Crippen molar-refractivity contribution in [2.75, 3.05) is 6.54 Å². The lowest BCUT2D eigenvalue weighted by Gasteiger charge is -2.12. The number of ketones is 1. The van der Waals surface area contributed by atoms with E-state index in [-0.39, 0.29) is 17.3 Å². The van der Waals surface area contributed by atoms with Crippen LogP contribution in [0.1, 0.15) is 40.7 Å². The van der Waals surface area contributed by atoms with Crippen LogP contribution in [-0.2, 0) is 6.42 Å². The Hall–Kier alpha value is -2.33. The van der Waals surface area contributed by atoms with Crippen LogP contribution in [0, 0.1) is 0 Å². The molecule has 0 aliphatic carbocycles. The van der Waals surface area contributed by atoms with Crippen molar-refractivity contribution in [2.45, 2.75) is 25.7 Å². The molecule has 4 N–H and O–H groups in total. The first kappa shape index (κ1) is 16.0. The van der Waals surface area contributed by atoms with Crippen molar-refractivity contribution in [1.82, 2.24) is 0 Å². The first-order valence-corrected chi connectivity index (χ1v) is 7.48. The molecule has 2 aromatic carbocycles. The van der Waals surface area contributed by atoms with Gasteiger partial charge in [-0.2, -0.15) is 0 Å². The van der Waals surface area contributed by atoms with E-state index >= 15 is 0 Å². The fourth-order valence-corrected chi connectivity index (χ4v) is 2.46. The molecular weight excluding hydrogens is 278 g/mol. The lowest BCUT2D eigenvalue weighted by atomic mass is 9.94. The van der Waals surface area contributed by atoms with Crippen LogP contribution in [0.2, 0.25) is 0 Å². The number of rotatable bonds is 7. The van der Waals surface area contributed by atoms with E-state index < -0.39 is 0 Å². The summed E-state index contributed by atoms with van der Waals surface area (Å²) < 4.78 is 0. The molecule has 0 aliphatic rings. The average molecular weight is 299 g/mol. The summed E-state index contributed by atoms with van der Waals surface area (Å²) in [6, 6.07) is 11.9. The summed E-state index contributed by atoms with van der Waals surface area (Å²) in [5.41, 5.74) is 6.98. The minimum Gasteiger partial charge on any atom is -0.504 e. The highest BCUT2D eigenvalue weighted by Crippen LogP contribution is 2.33. The summed E-state index contributed by atoms with van der Waals surface area (Å²) in [7, 11) is 0. The standard InChI is InChI=1S/C18H21NO3/c19-12-6-2-5-9-14-15(10-11-16(20)18(14)22)17(21)13-7-3-1-4-8-13/h1,3-4,7-8,10-11,20,22H,2,5-6,9,12,19H2. The number of hydrogen-bond acceptors (Lipinski definition) is 4. The fraction of sp³-hybridized carbons (Fsp3) is 0.278. The van der Waals surface area contributed by atoms with Crippen LogP contribution >= 0.6 is 0 Å². The van der Waals surface area contributed by atoms with Crippen LogP contribution in [-0.4, -0.2) is 22.5 Å². The summed E-state index contributed by atoms with van der Waals surface area (Å²) in [4.78, 5) is 12.6. The van der Waals surface area contributed by atoms with E-state index in [2.05, 4.69) is 0 Å². The van der Waals surface area contributed by atoms with Gasteiger partial charge in [-0.25, -0.2) is 0 Å². The zero-order chi connectivity index (χ0) is 15.9. The number of carbonyl (C=O) groups excluding carboxylic acids is 1. The zero-order valence-electron chi connectivity index (χ0n) is 12.5. The number of aromatic hydroxyl groups is 2. The second kappa shape index (κ2) is 7.61. The molecule has 0 aromatic heterocycles. The van der Waals surface area contributed by atoms with Gasteiger partial charge in [-0.3, -0.25) is 4.79 Å². The van der Waals surface area contributed by atoms with Gasteiger partial charge in [0.1, 0.15) is 0 Å². The SMILES string of the molecule is NCCCCCc1c(C(=O)c2ccccc2)ccc(O)c1O. The van der Waals surface area contributed by atoms with Gasteiger partial charge in [0.25, 0.3) is 0 Å². The van der Waals surface area contributed by atoms with Gasteiger partial charge < -0.3 is 15.9 Å². The Labute approximate surface area is 130 Å². The molecule has 0 unspecified atom stereocenters. The van der Waals surface area contributed by atoms with Crippen LogP contribution in [0.4, 0.5) is 0 Å². The van der Waals surface area contributed by atoms with Gasteiger partial charge in [-0.05, 0) is 37.9 Å². The van der Waals surface area contributed by atoms with E-state index in [0.717, 1.165) is 19.3 Å². The molecular formula is C18H21NO3. The van der Waals surface area contributed by atoms with Gasteiger partial charge in [-0.15, -0.1) is 0 Å². The maximum atomic E-state index is 12.6. The molecule has 0 amide bonds. The van der Waals surface area contributed by atoms with E-state index in [0.29, 0.717) is 29.7 Å². The van der Waals surface area contributed by atoms with E-state index in [1.807, 2.05) is 6.07 Å². The number of unbranched alkanes of at least 4 members (excludes halogenated alkanes) is 2. The van der Waals surface area contributed by atoms with E-state index in [1.165, 1.54) is 6.07 Å². The monoisotopic (exact) mass is 299 g/mol. The summed E-state index contributed by atoms with van der Waals surface area (Å²) in [6.07, 6.45) is 3.17. The average Bonchev–Trinajstić information content (AvgIpc) is 2.55. The molecule has 0 radical (unpaired) electrons. The van der Waals surface area contributed by atoms with Crippen LogP contribution < -0.4 is 5.73 Å². The van der Waals surface area contributed by atoms with E-state index in [1.54, 1.807) is 30.3 Å². The predicted molar refractivity (Wildman–Crippen MR) is 86.3 cm³/mol. The van der Waals surface area contributed by atoms with Gasteiger partial charge >= 0.3 is 0 Å². The quantitative estimate of drug-likeness (QED) is 0.417. The number of phenolic OH excluding ortho intramolecular Hbond substituents is 2. The molecule has 2 aromatic rings. The Bertz CT molecular complexity index is 638. The van der Waals surface area contributed by atoms with Crippen molar-refractivity contribution < 1.29 is 15.0 Å². The van der Waals surface area contributed by atoms with Gasteiger partial charge in [0.2, 0.25) is 0 Å². The third-order valence-corrected chi connectivity index (χ3v) is 3.67. The van der Waals surface area contributed by atoms with Crippen molar-refractivity contribution >= 4 is 5.78 Å². The Morgan fingerprint density at radius 1 is 0.955 bits per heavy atom. The molecule has 4 heteroatoms. The van der Waals surface area contributed by atoms with E-state index in [9.17, 15) is 15.0 Å². The summed E-state index contributed by atoms with van der Waals surface area (Å²) >= 11 is 0. The van der Waals surface area contributed by atoms with Crippen LogP contribution in [0.5, 0.6) is 11.5 Å².